The zero-order valence-corrected chi connectivity index (χ0v) is 11.8. The van der Waals surface area contributed by atoms with Gasteiger partial charge in [-0.1, -0.05) is 0 Å². The minimum atomic E-state index is 0.503. The van der Waals surface area contributed by atoms with E-state index in [0.717, 1.165) is 34.2 Å². The van der Waals surface area contributed by atoms with E-state index in [1.165, 1.54) is 0 Å². The van der Waals surface area contributed by atoms with E-state index in [2.05, 4.69) is 33.4 Å². The van der Waals surface area contributed by atoms with E-state index in [-0.39, 0.29) is 0 Å². The summed E-state index contributed by atoms with van der Waals surface area (Å²) in [7, 11) is 2.06. The molecular weight excluding hydrogens is 244 g/mol. The third-order valence-corrected chi connectivity index (χ3v) is 3.62. The highest BCUT2D eigenvalue weighted by molar-refractivity contribution is 7.09. The molecule has 0 aromatic carbocycles. The molecule has 0 saturated carbocycles. The van der Waals surface area contributed by atoms with Gasteiger partial charge >= 0.3 is 0 Å². The van der Waals surface area contributed by atoms with Crippen molar-refractivity contribution in [1.82, 2.24) is 9.97 Å². The summed E-state index contributed by atoms with van der Waals surface area (Å²) in [6.45, 7) is 5.31. The second kappa shape index (κ2) is 5.46. The topological polar surface area (TPSA) is 55.0 Å². The molecule has 0 radical (unpaired) electrons. The first-order valence-corrected chi connectivity index (χ1v) is 6.76. The minimum absolute atomic E-state index is 0.503. The lowest BCUT2D eigenvalue weighted by atomic mass is 10.2. The van der Waals surface area contributed by atoms with Gasteiger partial charge in [0.2, 0.25) is 0 Å². The Kier molecular flexibility index (Phi) is 3.93. The number of nitrogens with two attached hydrogens (primary N) is 1. The predicted octanol–water partition coefficient (Wildman–Crippen LogP) is 2.25. The highest BCUT2D eigenvalue weighted by Gasteiger charge is 2.09. The van der Waals surface area contributed by atoms with Crippen LogP contribution in [0.25, 0.3) is 0 Å². The van der Waals surface area contributed by atoms with Crippen molar-refractivity contribution in [2.45, 2.75) is 26.9 Å². The smallest absolute Gasteiger partial charge is 0.0898 e. The molecule has 0 unspecified atom stereocenters. The van der Waals surface area contributed by atoms with Crippen LogP contribution in [0.15, 0.2) is 17.6 Å². The number of aryl methyl sites for hydroxylation is 2. The molecule has 5 heteroatoms. The average Bonchev–Trinajstić information content (AvgIpc) is 2.74. The molecule has 2 N–H and O–H groups in total. The fourth-order valence-corrected chi connectivity index (χ4v) is 2.50. The second-order valence-corrected chi connectivity index (χ2v) is 5.43. The number of hydrogen-bond acceptors (Lipinski definition) is 5. The number of nitrogens with zero attached hydrogens (tertiary/aromatic N) is 3. The van der Waals surface area contributed by atoms with E-state index in [1.807, 2.05) is 20.0 Å². The van der Waals surface area contributed by atoms with Crippen molar-refractivity contribution in [3.05, 3.63) is 39.6 Å². The lowest BCUT2D eigenvalue weighted by molar-refractivity contribution is 0.870. The molecule has 0 spiro atoms. The van der Waals surface area contributed by atoms with Crippen LogP contribution in [-0.4, -0.2) is 17.0 Å². The van der Waals surface area contributed by atoms with Crippen LogP contribution in [-0.2, 0) is 13.1 Å². The van der Waals surface area contributed by atoms with E-state index < -0.39 is 0 Å². The molecule has 0 saturated heterocycles. The van der Waals surface area contributed by atoms with Crippen LogP contribution in [0, 0.1) is 13.8 Å². The molecule has 2 aromatic heterocycles. The molecule has 96 valence electrons. The lowest BCUT2D eigenvalue weighted by Gasteiger charge is -2.21. The zero-order chi connectivity index (χ0) is 13.1. The Morgan fingerprint density at radius 3 is 2.78 bits per heavy atom. The third kappa shape index (κ3) is 2.86. The number of anilines is 1. The van der Waals surface area contributed by atoms with Gasteiger partial charge < -0.3 is 10.6 Å². The first kappa shape index (κ1) is 13.0. The van der Waals surface area contributed by atoms with Crippen molar-refractivity contribution in [2.75, 3.05) is 11.9 Å². The molecule has 2 heterocycles. The highest BCUT2D eigenvalue weighted by atomic mass is 32.1. The van der Waals surface area contributed by atoms with Gasteiger partial charge in [-0.2, -0.15) is 0 Å². The van der Waals surface area contributed by atoms with Crippen molar-refractivity contribution >= 4 is 17.0 Å². The number of aromatic nitrogens is 2. The Hall–Kier alpha value is -1.46. The lowest BCUT2D eigenvalue weighted by Crippen LogP contribution is -2.19. The maximum atomic E-state index is 5.76. The van der Waals surface area contributed by atoms with E-state index in [0.29, 0.717) is 6.54 Å². The van der Waals surface area contributed by atoms with Crippen LogP contribution in [0.3, 0.4) is 0 Å². The van der Waals surface area contributed by atoms with Gasteiger partial charge in [-0.25, -0.2) is 4.98 Å². The van der Waals surface area contributed by atoms with E-state index >= 15 is 0 Å². The van der Waals surface area contributed by atoms with Gasteiger partial charge in [-0.3, -0.25) is 4.98 Å². The SMILES string of the molecule is Cc1cc(N(C)Cc2csc(C)n2)c(CN)cn1. The van der Waals surface area contributed by atoms with Gasteiger partial charge in [0.05, 0.1) is 17.2 Å². The molecule has 0 amide bonds. The summed E-state index contributed by atoms with van der Waals surface area (Å²) >= 11 is 1.68. The Labute approximate surface area is 111 Å². The molecule has 2 rings (SSSR count). The Bertz CT molecular complexity index is 536. The molecular formula is C13H18N4S. The summed E-state index contributed by atoms with van der Waals surface area (Å²) < 4.78 is 0. The molecule has 0 fully saturated rings. The van der Waals surface area contributed by atoms with Crippen molar-refractivity contribution < 1.29 is 0 Å². The summed E-state index contributed by atoms with van der Waals surface area (Å²) in [6, 6.07) is 2.07. The largest absolute Gasteiger partial charge is 0.368 e. The van der Waals surface area contributed by atoms with E-state index in [1.54, 1.807) is 11.3 Å². The fraction of sp³-hybridized carbons (Fsp3) is 0.385. The fourth-order valence-electron chi connectivity index (χ4n) is 1.90. The van der Waals surface area contributed by atoms with Crippen LogP contribution in [0.4, 0.5) is 5.69 Å². The molecule has 0 aliphatic rings. The standard InChI is InChI=1S/C13H18N4S/c1-9-4-13(11(5-14)6-15-9)17(3)7-12-8-18-10(2)16-12/h4,6,8H,5,7,14H2,1-3H3. The van der Waals surface area contributed by atoms with Gasteiger partial charge in [0.25, 0.3) is 0 Å². The predicted molar refractivity (Wildman–Crippen MR) is 75.8 cm³/mol. The number of thiazole rings is 1. The van der Waals surface area contributed by atoms with Gasteiger partial charge in [0, 0.05) is 42.1 Å². The van der Waals surface area contributed by atoms with Crippen LogP contribution in [0.1, 0.15) is 22.0 Å². The zero-order valence-electron chi connectivity index (χ0n) is 11.0. The number of hydrogen-bond donors (Lipinski definition) is 1. The molecule has 0 atom stereocenters. The second-order valence-electron chi connectivity index (χ2n) is 4.37. The van der Waals surface area contributed by atoms with Crippen LogP contribution >= 0.6 is 11.3 Å². The van der Waals surface area contributed by atoms with Crippen molar-refractivity contribution in [1.29, 1.82) is 0 Å². The molecule has 0 bridgehead atoms. The maximum Gasteiger partial charge on any atom is 0.0898 e. The molecule has 0 aliphatic heterocycles. The van der Waals surface area contributed by atoms with Crippen LogP contribution < -0.4 is 10.6 Å². The monoisotopic (exact) mass is 262 g/mol. The van der Waals surface area contributed by atoms with Crippen molar-refractivity contribution in [3.8, 4) is 0 Å². The van der Waals surface area contributed by atoms with E-state index in [9.17, 15) is 0 Å². The summed E-state index contributed by atoms with van der Waals surface area (Å²) in [5.74, 6) is 0. The van der Waals surface area contributed by atoms with Gasteiger partial charge in [-0.15, -0.1) is 11.3 Å². The summed E-state index contributed by atoms with van der Waals surface area (Å²) in [5.41, 5.74) is 10.1. The molecule has 2 aromatic rings. The van der Waals surface area contributed by atoms with Gasteiger partial charge in [0.1, 0.15) is 0 Å². The van der Waals surface area contributed by atoms with Crippen LogP contribution in [0.2, 0.25) is 0 Å². The molecule has 18 heavy (non-hydrogen) atoms. The number of pyridine rings is 1. The van der Waals surface area contributed by atoms with Gasteiger partial charge in [0.15, 0.2) is 0 Å². The Morgan fingerprint density at radius 2 is 2.17 bits per heavy atom. The Balaban J connectivity index is 2.22. The third-order valence-electron chi connectivity index (χ3n) is 2.80. The summed E-state index contributed by atoms with van der Waals surface area (Å²) in [5, 5.41) is 3.20. The quantitative estimate of drug-likeness (QED) is 0.918. The Morgan fingerprint density at radius 1 is 1.39 bits per heavy atom. The average molecular weight is 262 g/mol. The first-order valence-electron chi connectivity index (χ1n) is 5.88. The van der Waals surface area contributed by atoms with Crippen molar-refractivity contribution in [3.63, 3.8) is 0 Å². The van der Waals surface area contributed by atoms with E-state index in [4.69, 9.17) is 5.73 Å². The maximum absolute atomic E-state index is 5.76. The highest BCUT2D eigenvalue weighted by Crippen LogP contribution is 2.21. The first-order chi connectivity index (χ1) is 8.60. The normalized spacial score (nSPS) is 10.7. The molecule has 0 aliphatic carbocycles. The van der Waals surface area contributed by atoms with Crippen LogP contribution in [0.5, 0.6) is 0 Å². The molecule has 4 nitrogen and oxygen atoms in total. The summed E-state index contributed by atoms with van der Waals surface area (Å²) in [4.78, 5) is 10.9. The minimum Gasteiger partial charge on any atom is -0.368 e. The van der Waals surface area contributed by atoms with Gasteiger partial charge in [-0.05, 0) is 19.9 Å². The number of rotatable bonds is 4. The van der Waals surface area contributed by atoms with Crippen molar-refractivity contribution in [2.24, 2.45) is 5.73 Å². The summed E-state index contributed by atoms with van der Waals surface area (Å²) in [6.07, 6.45) is 1.85.